The Balaban J connectivity index is 2.86. The van der Waals surface area contributed by atoms with Gasteiger partial charge in [-0.25, -0.2) is 0 Å². The van der Waals surface area contributed by atoms with E-state index in [4.69, 9.17) is 0 Å². The molecular formula is C16H30O2. The van der Waals surface area contributed by atoms with Gasteiger partial charge in [0, 0.05) is 0 Å². The molecule has 0 amide bonds. The molecule has 0 aromatic rings. The first kappa shape index (κ1) is 15.5. The Hall–Kier alpha value is -0.530. The summed E-state index contributed by atoms with van der Waals surface area (Å²) in [5.41, 5.74) is 0.313. The molecule has 0 aromatic heterocycles. The summed E-state index contributed by atoms with van der Waals surface area (Å²) in [6.07, 6.45) is 5.28. The van der Waals surface area contributed by atoms with Crippen LogP contribution in [0.4, 0.5) is 0 Å². The summed E-state index contributed by atoms with van der Waals surface area (Å²) in [6, 6.07) is 0. The van der Waals surface area contributed by atoms with Crippen LogP contribution in [-0.4, -0.2) is 11.1 Å². The highest BCUT2D eigenvalue weighted by Crippen LogP contribution is 2.46. The predicted octanol–water partition coefficient (Wildman–Crippen LogP) is 4.59. The molecule has 0 saturated heterocycles. The molecule has 1 aliphatic carbocycles. The minimum Gasteiger partial charge on any atom is -0.481 e. The van der Waals surface area contributed by atoms with Crippen LogP contribution in [-0.2, 0) is 4.79 Å². The standard InChI is InChI=1S/C16H30O2/c1-6-11(7-2)14-10-12(16(3,4)5)8-9-13(14)15(17)18/h11-14H,6-10H2,1-5H3,(H,17,18). The number of rotatable bonds is 4. The normalized spacial score (nSPS) is 29.6. The van der Waals surface area contributed by atoms with Gasteiger partial charge in [-0.15, -0.1) is 0 Å². The van der Waals surface area contributed by atoms with Crippen LogP contribution in [0.2, 0.25) is 0 Å². The molecule has 1 N–H and O–H groups in total. The van der Waals surface area contributed by atoms with Gasteiger partial charge in [0.1, 0.15) is 0 Å². The zero-order valence-electron chi connectivity index (χ0n) is 12.7. The topological polar surface area (TPSA) is 37.3 Å². The summed E-state index contributed by atoms with van der Waals surface area (Å²) >= 11 is 0. The molecule has 1 saturated carbocycles. The molecule has 0 spiro atoms. The fraction of sp³-hybridized carbons (Fsp3) is 0.938. The van der Waals surface area contributed by atoms with E-state index in [1.54, 1.807) is 0 Å². The lowest BCUT2D eigenvalue weighted by atomic mass is 9.62. The first-order valence-corrected chi connectivity index (χ1v) is 7.54. The number of aliphatic carboxylic acids is 1. The number of carboxylic acids is 1. The van der Waals surface area contributed by atoms with Crippen molar-refractivity contribution >= 4 is 5.97 Å². The van der Waals surface area contributed by atoms with Gasteiger partial charge in [0.25, 0.3) is 0 Å². The Labute approximate surface area is 112 Å². The quantitative estimate of drug-likeness (QED) is 0.797. The average molecular weight is 254 g/mol. The van der Waals surface area contributed by atoms with Crippen molar-refractivity contribution in [3.05, 3.63) is 0 Å². The van der Waals surface area contributed by atoms with Crippen LogP contribution in [0.15, 0.2) is 0 Å². The van der Waals surface area contributed by atoms with E-state index < -0.39 is 5.97 Å². The minimum atomic E-state index is -0.570. The van der Waals surface area contributed by atoms with Crippen molar-refractivity contribution in [3.8, 4) is 0 Å². The molecule has 1 rings (SSSR count). The van der Waals surface area contributed by atoms with Crippen molar-refractivity contribution in [2.75, 3.05) is 0 Å². The molecule has 18 heavy (non-hydrogen) atoms. The van der Waals surface area contributed by atoms with Crippen LogP contribution in [0.1, 0.15) is 66.7 Å². The van der Waals surface area contributed by atoms with Gasteiger partial charge in [-0.3, -0.25) is 4.79 Å². The fourth-order valence-electron chi connectivity index (χ4n) is 3.71. The van der Waals surface area contributed by atoms with Crippen molar-refractivity contribution in [1.82, 2.24) is 0 Å². The van der Waals surface area contributed by atoms with Crippen molar-refractivity contribution < 1.29 is 9.90 Å². The lowest BCUT2D eigenvalue weighted by Crippen LogP contribution is -2.38. The number of carboxylic acid groups (broad SMARTS) is 1. The molecule has 1 fully saturated rings. The van der Waals surface area contributed by atoms with E-state index in [9.17, 15) is 9.90 Å². The SMILES string of the molecule is CCC(CC)C1CC(C(C)(C)C)CCC1C(=O)O. The molecule has 0 bridgehead atoms. The van der Waals surface area contributed by atoms with Crippen LogP contribution < -0.4 is 0 Å². The van der Waals surface area contributed by atoms with Crippen LogP contribution >= 0.6 is 0 Å². The Bertz CT molecular complexity index is 273. The molecule has 0 aliphatic heterocycles. The van der Waals surface area contributed by atoms with Crippen LogP contribution in [0.25, 0.3) is 0 Å². The monoisotopic (exact) mass is 254 g/mol. The van der Waals surface area contributed by atoms with Gasteiger partial charge >= 0.3 is 5.97 Å². The van der Waals surface area contributed by atoms with Crippen molar-refractivity contribution in [3.63, 3.8) is 0 Å². The first-order valence-electron chi connectivity index (χ1n) is 7.54. The molecule has 2 nitrogen and oxygen atoms in total. The maximum atomic E-state index is 11.5. The van der Waals surface area contributed by atoms with E-state index >= 15 is 0 Å². The number of carbonyl (C=O) groups is 1. The predicted molar refractivity (Wildman–Crippen MR) is 75.5 cm³/mol. The van der Waals surface area contributed by atoms with Gasteiger partial charge in [-0.05, 0) is 42.4 Å². The molecule has 3 unspecified atom stereocenters. The van der Waals surface area contributed by atoms with E-state index in [1.165, 1.54) is 0 Å². The van der Waals surface area contributed by atoms with Crippen LogP contribution in [0.5, 0.6) is 0 Å². The van der Waals surface area contributed by atoms with Crippen molar-refractivity contribution in [1.29, 1.82) is 0 Å². The zero-order chi connectivity index (χ0) is 13.9. The van der Waals surface area contributed by atoms with Gasteiger partial charge < -0.3 is 5.11 Å². The van der Waals surface area contributed by atoms with Gasteiger partial charge in [-0.2, -0.15) is 0 Å². The molecule has 0 aromatic carbocycles. The second-order valence-electron chi connectivity index (χ2n) is 7.06. The van der Waals surface area contributed by atoms with E-state index in [2.05, 4.69) is 34.6 Å². The molecule has 2 heteroatoms. The van der Waals surface area contributed by atoms with Gasteiger partial charge in [-0.1, -0.05) is 47.5 Å². The molecule has 3 atom stereocenters. The lowest BCUT2D eigenvalue weighted by Gasteiger charge is -2.43. The Morgan fingerprint density at radius 2 is 1.78 bits per heavy atom. The summed E-state index contributed by atoms with van der Waals surface area (Å²) in [5.74, 6) is 0.971. The maximum absolute atomic E-state index is 11.5. The van der Waals surface area contributed by atoms with Crippen LogP contribution in [0, 0.1) is 29.1 Å². The van der Waals surface area contributed by atoms with Gasteiger partial charge in [0.2, 0.25) is 0 Å². The van der Waals surface area contributed by atoms with E-state index in [1.807, 2.05) is 0 Å². The summed E-state index contributed by atoms with van der Waals surface area (Å²) in [4.78, 5) is 11.5. The second kappa shape index (κ2) is 6.08. The third-order valence-electron chi connectivity index (χ3n) is 5.10. The number of hydrogen-bond acceptors (Lipinski definition) is 1. The highest BCUT2D eigenvalue weighted by Gasteiger charge is 2.41. The minimum absolute atomic E-state index is 0.103. The average Bonchev–Trinajstić information content (AvgIpc) is 2.29. The van der Waals surface area contributed by atoms with Crippen molar-refractivity contribution in [2.45, 2.75) is 66.7 Å². The Kier molecular flexibility index (Phi) is 5.24. The largest absolute Gasteiger partial charge is 0.481 e. The zero-order valence-corrected chi connectivity index (χ0v) is 12.7. The third kappa shape index (κ3) is 3.49. The first-order chi connectivity index (χ1) is 8.31. The third-order valence-corrected chi connectivity index (χ3v) is 5.10. The van der Waals surface area contributed by atoms with E-state index in [0.29, 0.717) is 23.2 Å². The fourth-order valence-corrected chi connectivity index (χ4v) is 3.71. The lowest BCUT2D eigenvalue weighted by molar-refractivity contribution is -0.147. The second-order valence-corrected chi connectivity index (χ2v) is 7.06. The molecule has 106 valence electrons. The van der Waals surface area contributed by atoms with E-state index in [-0.39, 0.29) is 5.92 Å². The molecule has 0 heterocycles. The Morgan fingerprint density at radius 3 is 2.17 bits per heavy atom. The molecular weight excluding hydrogens is 224 g/mol. The summed E-state index contributed by atoms with van der Waals surface area (Å²) in [6.45, 7) is 11.3. The molecule has 1 aliphatic rings. The smallest absolute Gasteiger partial charge is 0.306 e. The summed E-state index contributed by atoms with van der Waals surface area (Å²) < 4.78 is 0. The summed E-state index contributed by atoms with van der Waals surface area (Å²) in [5, 5.41) is 9.44. The van der Waals surface area contributed by atoms with Crippen LogP contribution in [0.3, 0.4) is 0 Å². The molecule has 0 radical (unpaired) electrons. The van der Waals surface area contributed by atoms with E-state index in [0.717, 1.165) is 32.1 Å². The Morgan fingerprint density at radius 1 is 1.22 bits per heavy atom. The van der Waals surface area contributed by atoms with Gasteiger partial charge in [0.05, 0.1) is 5.92 Å². The van der Waals surface area contributed by atoms with Crippen molar-refractivity contribution in [2.24, 2.45) is 29.1 Å². The highest BCUT2D eigenvalue weighted by molar-refractivity contribution is 5.70. The number of hydrogen-bond donors (Lipinski definition) is 1. The highest BCUT2D eigenvalue weighted by atomic mass is 16.4. The summed E-state index contributed by atoms with van der Waals surface area (Å²) in [7, 11) is 0. The van der Waals surface area contributed by atoms with Gasteiger partial charge in [0.15, 0.2) is 0 Å². The maximum Gasteiger partial charge on any atom is 0.306 e.